The molecule has 0 aliphatic rings. The quantitative estimate of drug-likeness (QED) is 0.347. The molecule has 5 heavy (non-hydrogen) atoms. The van der Waals surface area contributed by atoms with E-state index in [4.69, 9.17) is 5.26 Å². The molecular weight excluding hydrogens is 74.0 g/mol. The molecule has 0 aromatic heterocycles. The lowest BCUT2D eigenvalue weighted by Crippen LogP contribution is -2.04. The van der Waals surface area contributed by atoms with Crippen LogP contribution in [-0.4, -0.2) is 12.3 Å². The van der Waals surface area contributed by atoms with Crippen LogP contribution >= 0.6 is 0 Å². The fourth-order valence-corrected chi connectivity index (χ4v) is 0.0373. The van der Waals surface area contributed by atoms with Gasteiger partial charge in [0.15, 0.2) is 0 Å². The minimum atomic E-state index is 1.45. The van der Waals surface area contributed by atoms with Crippen molar-refractivity contribution in [3.8, 4) is 0 Å². The van der Waals surface area contributed by atoms with Crippen LogP contribution in [0.15, 0.2) is 0 Å². The van der Waals surface area contributed by atoms with E-state index in [9.17, 15) is 0 Å². The summed E-state index contributed by atoms with van der Waals surface area (Å²) in [5.41, 5.74) is 2.05. The van der Waals surface area contributed by atoms with Crippen molar-refractivity contribution in [2.75, 3.05) is 7.05 Å². The molecule has 0 unspecified atom stereocenters. The minimum Gasteiger partial charge on any atom is -0.220 e. The summed E-state index contributed by atoms with van der Waals surface area (Å²) in [5, 5.41) is 10.4. The van der Waals surface area contributed by atoms with Gasteiger partial charge in [0.1, 0.15) is 0 Å². The van der Waals surface area contributed by atoms with E-state index in [0.29, 0.717) is 0 Å². The predicted molar refractivity (Wildman–Crippen MR) is 13.9 cm³/mol. The fraction of sp³-hybridized carbons (Fsp3) is 1.00. The first-order valence-electron chi connectivity index (χ1n) is 1.05. The molecule has 0 atom stereocenters. The maximum atomic E-state index is 7.28. The molecule has 0 saturated heterocycles. The zero-order chi connectivity index (χ0) is 4.12. The average Bonchev–Trinajstić information content (AvgIpc) is 1.41. The SMILES string of the molecule is CNOOO. The summed E-state index contributed by atoms with van der Waals surface area (Å²) < 4.78 is 0. The first-order valence-corrected chi connectivity index (χ1v) is 1.05. The van der Waals surface area contributed by atoms with Crippen LogP contribution in [0.5, 0.6) is 0 Å². The van der Waals surface area contributed by atoms with Crippen molar-refractivity contribution in [1.29, 1.82) is 0 Å². The van der Waals surface area contributed by atoms with E-state index in [-0.39, 0.29) is 0 Å². The second kappa shape index (κ2) is 3.84. The normalized spacial score (nSPS) is 8.40. The van der Waals surface area contributed by atoms with Crippen LogP contribution in [0.1, 0.15) is 0 Å². The van der Waals surface area contributed by atoms with Crippen LogP contribution in [0.3, 0.4) is 0 Å². The molecule has 0 radical (unpaired) electrons. The first-order chi connectivity index (χ1) is 2.41. The van der Waals surface area contributed by atoms with Crippen molar-refractivity contribution in [1.82, 2.24) is 5.48 Å². The lowest BCUT2D eigenvalue weighted by atomic mass is 11.6. The van der Waals surface area contributed by atoms with E-state index in [0.717, 1.165) is 0 Å². The molecule has 0 heterocycles. The summed E-state index contributed by atoms with van der Waals surface area (Å²) in [5.74, 6) is 0. The standard InChI is InChI=1S/CH5NO3/c1-2-4-5-3/h2-3H,1H3. The molecule has 0 rings (SSSR count). The van der Waals surface area contributed by atoms with E-state index >= 15 is 0 Å². The Bertz CT molecular complexity index is 14.4. The molecule has 2 N–H and O–H groups in total. The second-order valence-electron chi connectivity index (χ2n) is 0.362. The molecule has 0 aliphatic carbocycles. The highest BCUT2D eigenvalue weighted by molar-refractivity contribution is 3.70. The van der Waals surface area contributed by atoms with Crippen LogP contribution in [0.25, 0.3) is 0 Å². The Morgan fingerprint density at radius 3 is 2.40 bits per heavy atom. The third-order valence-electron chi connectivity index (χ3n) is 0.121. The van der Waals surface area contributed by atoms with Gasteiger partial charge in [0, 0.05) is 7.05 Å². The maximum absolute atomic E-state index is 7.28. The third kappa shape index (κ3) is 3.84. The van der Waals surface area contributed by atoms with Gasteiger partial charge in [0.2, 0.25) is 0 Å². The number of hydrogen-bond acceptors (Lipinski definition) is 4. The van der Waals surface area contributed by atoms with E-state index in [1.807, 2.05) is 5.48 Å². The van der Waals surface area contributed by atoms with Crippen molar-refractivity contribution in [3.63, 3.8) is 0 Å². The zero-order valence-electron chi connectivity index (χ0n) is 2.76. The Morgan fingerprint density at radius 1 is 1.80 bits per heavy atom. The molecule has 0 bridgehead atoms. The van der Waals surface area contributed by atoms with Gasteiger partial charge in [-0.2, -0.15) is 5.48 Å². The molecule has 0 aliphatic heterocycles. The van der Waals surface area contributed by atoms with Crippen molar-refractivity contribution >= 4 is 0 Å². The Kier molecular flexibility index (Phi) is 3.72. The van der Waals surface area contributed by atoms with Gasteiger partial charge >= 0.3 is 0 Å². The van der Waals surface area contributed by atoms with Crippen LogP contribution in [0.2, 0.25) is 0 Å². The second-order valence-corrected chi connectivity index (χ2v) is 0.362. The number of hydrogen-bond donors (Lipinski definition) is 2. The molecular formula is CH5NO3. The largest absolute Gasteiger partial charge is 0.220 e. The van der Waals surface area contributed by atoms with Crippen LogP contribution in [-0.2, 0) is 10.0 Å². The smallest absolute Gasteiger partial charge is 0.0127 e. The van der Waals surface area contributed by atoms with Crippen molar-refractivity contribution in [3.05, 3.63) is 0 Å². The fourth-order valence-electron chi connectivity index (χ4n) is 0.0373. The topological polar surface area (TPSA) is 50.7 Å². The molecule has 4 nitrogen and oxygen atoms in total. The maximum Gasteiger partial charge on any atom is 0.0127 e. The van der Waals surface area contributed by atoms with E-state index in [2.05, 4.69) is 10.0 Å². The average molecular weight is 79.1 g/mol. The highest BCUT2D eigenvalue weighted by Gasteiger charge is 1.63. The lowest BCUT2D eigenvalue weighted by Gasteiger charge is -1.84. The van der Waals surface area contributed by atoms with Crippen LogP contribution < -0.4 is 5.48 Å². The van der Waals surface area contributed by atoms with E-state index in [1.165, 1.54) is 7.05 Å². The molecule has 0 aromatic rings. The van der Waals surface area contributed by atoms with Gasteiger partial charge in [-0.05, 0) is 0 Å². The Morgan fingerprint density at radius 2 is 2.40 bits per heavy atom. The number of hydroxylamine groups is 1. The van der Waals surface area contributed by atoms with Gasteiger partial charge in [0.05, 0.1) is 0 Å². The Hall–Kier alpha value is -0.160. The summed E-state index contributed by atoms with van der Waals surface area (Å²) in [6.07, 6.45) is 0. The number of rotatable bonds is 2. The number of nitrogens with one attached hydrogen (secondary N) is 1. The van der Waals surface area contributed by atoms with E-state index < -0.39 is 0 Å². The van der Waals surface area contributed by atoms with Gasteiger partial charge in [-0.25, -0.2) is 5.26 Å². The summed E-state index contributed by atoms with van der Waals surface area (Å²) in [6.45, 7) is 0. The molecule has 4 heteroatoms. The minimum absolute atomic E-state index is 1.45. The van der Waals surface area contributed by atoms with Crippen molar-refractivity contribution in [2.45, 2.75) is 0 Å². The highest BCUT2D eigenvalue weighted by atomic mass is 17.5. The van der Waals surface area contributed by atoms with Crippen LogP contribution in [0.4, 0.5) is 0 Å². The van der Waals surface area contributed by atoms with Crippen LogP contribution in [0, 0.1) is 0 Å². The molecule has 0 saturated carbocycles. The lowest BCUT2D eigenvalue weighted by molar-refractivity contribution is -0.512. The highest BCUT2D eigenvalue weighted by Crippen LogP contribution is 1.52. The predicted octanol–water partition coefficient (Wildman–Crippen LogP) is -0.458. The molecule has 32 valence electrons. The molecule has 0 fully saturated rings. The van der Waals surface area contributed by atoms with Gasteiger partial charge in [-0.3, -0.25) is 0 Å². The van der Waals surface area contributed by atoms with Gasteiger partial charge in [-0.1, -0.05) is 5.04 Å². The first kappa shape index (κ1) is 4.84. The summed E-state index contributed by atoms with van der Waals surface area (Å²) >= 11 is 0. The Labute approximate surface area is 29.1 Å². The zero-order valence-corrected chi connectivity index (χ0v) is 2.76. The van der Waals surface area contributed by atoms with Gasteiger partial charge in [-0.15, -0.1) is 4.99 Å². The van der Waals surface area contributed by atoms with E-state index in [1.54, 1.807) is 0 Å². The summed E-state index contributed by atoms with van der Waals surface area (Å²) in [4.78, 5) is 3.64. The van der Waals surface area contributed by atoms with Gasteiger partial charge in [0.25, 0.3) is 0 Å². The molecule has 0 amide bonds. The Balaban J connectivity index is 2.19. The van der Waals surface area contributed by atoms with Gasteiger partial charge < -0.3 is 0 Å². The van der Waals surface area contributed by atoms with Crippen molar-refractivity contribution in [2.24, 2.45) is 0 Å². The summed E-state index contributed by atoms with van der Waals surface area (Å²) in [7, 11) is 1.45. The summed E-state index contributed by atoms with van der Waals surface area (Å²) in [6, 6.07) is 0. The monoisotopic (exact) mass is 79.0 g/mol. The molecule has 0 spiro atoms. The third-order valence-corrected chi connectivity index (χ3v) is 0.121. The van der Waals surface area contributed by atoms with Crippen molar-refractivity contribution < 1.29 is 15.3 Å². The molecule has 0 aromatic carbocycles.